The van der Waals surface area contributed by atoms with E-state index < -0.39 is 18.6 Å². The molecule has 0 aliphatic rings. The van der Waals surface area contributed by atoms with Gasteiger partial charge in [-0.05, 0) is 28.8 Å². The Labute approximate surface area is 107 Å². The van der Waals surface area contributed by atoms with Gasteiger partial charge in [-0.15, -0.1) is 11.3 Å². The molecule has 98 valence electrons. The van der Waals surface area contributed by atoms with Crippen LogP contribution >= 0.6 is 11.3 Å². The minimum atomic E-state index is -4.21. The first-order valence-corrected chi connectivity index (χ1v) is 6.35. The molecule has 0 radical (unpaired) electrons. The van der Waals surface area contributed by atoms with Crippen LogP contribution in [0.3, 0.4) is 0 Å². The molecular weight excluding hydrogens is 261 g/mol. The second-order valence-electron chi connectivity index (χ2n) is 4.14. The highest BCUT2D eigenvalue weighted by Gasteiger charge is 2.31. The number of thiophene rings is 1. The van der Waals surface area contributed by atoms with Crippen LogP contribution in [0.1, 0.15) is 12.0 Å². The molecule has 0 bridgehead atoms. The van der Waals surface area contributed by atoms with E-state index in [0.29, 0.717) is 0 Å². The first-order valence-electron chi connectivity index (χ1n) is 5.47. The summed E-state index contributed by atoms with van der Waals surface area (Å²) in [7, 11) is 0. The molecule has 6 heteroatoms. The number of halogens is 3. The molecule has 0 aliphatic carbocycles. The zero-order valence-electron chi connectivity index (χ0n) is 9.50. The van der Waals surface area contributed by atoms with Crippen molar-refractivity contribution in [1.29, 1.82) is 0 Å². The second kappa shape index (κ2) is 5.26. The summed E-state index contributed by atoms with van der Waals surface area (Å²) in [6.07, 6.45) is -4.85. The van der Waals surface area contributed by atoms with Crippen molar-refractivity contribution < 1.29 is 13.2 Å². The van der Waals surface area contributed by atoms with E-state index in [-0.39, 0.29) is 6.42 Å². The summed E-state index contributed by atoms with van der Waals surface area (Å²) in [5.41, 5.74) is 3.15. The van der Waals surface area contributed by atoms with Crippen molar-refractivity contribution in [3.8, 4) is 0 Å². The maximum absolute atomic E-state index is 12.3. The maximum atomic E-state index is 12.3. The largest absolute Gasteiger partial charge is 0.390 e. The van der Waals surface area contributed by atoms with Gasteiger partial charge in [0.05, 0.1) is 6.42 Å². The fourth-order valence-corrected chi connectivity index (χ4v) is 2.90. The van der Waals surface area contributed by atoms with Gasteiger partial charge in [0, 0.05) is 10.7 Å². The summed E-state index contributed by atoms with van der Waals surface area (Å²) in [5, 5.41) is 2.90. The fourth-order valence-electron chi connectivity index (χ4n) is 1.93. The van der Waals surface area contributed by atoms with Crippen LogP contribution in [0.5, 0.6) is 0 Å². The minimum absolute atomic E-state index is 0.278. The third-order valence-electron chi connectivity index (χ3n) is 2.74. The van der Waals surface area contributed by atoms with Crippen molar-refractivity contribution in [1.82, 2.24) is 5.43 Å². The number of nitrogens with two attached hydrogens (primary N) is 1. The van der Waals surface area contributed by atoms with Gasteiger partial charge in [-0.3, -0.25) is 11.3 Å². The lowest BCUT2D eigenvalue weighted by molar-refractivity contribution is -0.140. The van der Waals surface area contributed by atoms with Gasteiger partial charge in [-0.25, -0.2) is 0 Å². The molecule has 3 N–H and O–H groups in total. The third kappa shape index (κ3) is 3.22. The number of hydrazine groups is 1. The summed E-state index contributed by atoms with van der Waals surface area (Å²) in [6, 6.07) is 6.88. The van der Waals surface area contributed by atoms with Crippen LogP contribution in [-0.2, 0) is 6.42 Å². The molecule has 18 heavy (non-hydrogen) atoms. The van der Waals surface area contributed by atoms with Gasteiger partial charge in [0.2, 0.25) is 0 Å². The van der Waals surface area contributed by atoms with Crippen LogP contribution in [0, 0.1) is 0 Å². The van der Waals surface area contributed by atoms with Gasteiger partial charge in [0.15, 0.2) is 0 Å². The Bertz CT molecular complexity index is 521. The minimum Gasteiger partial charge on any atom is -0.271 e. The molecule has 0 fully saturated rings. The summed E-state index contributed by atoms with van der Waals surface area (Å²) >= 11 is 1.53. The summed E-state index contributed by atoms with van der Waals surface area (Å²) in [6.45, 7) is 0. The number of hydrogen-bond donors (Lipinski definition) is 2. The lowest BCUT2D eigenvalue weighted by Crippen LogP contribution is -2.40. The molecule has 1 unspecified atom stereocenters. The molecule has 1 atom stereocenters. The molecular formula is C12H13F3N2S. The first-order chi connectivity index (χ1) is 8.49. The average molecular weight is 274 g/mol. The highest BCUT2D eigenvalue weighted by Crippen LogP contribution is 2.29. The van der Waals surface area contributed by atoms with Crippen molar-refractivity contribution in [2.75, 3.05) is 0 Å². The van der Waals surface area contributed by atoms with Gasteiger partial charge >= 0.3 is 6.18 Å². The Morgan fingerprint density at radius 2 is 2.00 bits per heavy atom. The van der Waals surface area contributed by atoms with Crippen LogP contribution in [0.2, 0.25) is 0 Å². The zero-order valence-corrected chi connectivity index (χ0v) is 10.3. The summed E-state index contributed by atoms with van der Waals surface area (Å²) in [4.78, 5) is 0. The topological polar surface area (TPSA) is 38.0 Å². The Balaban J connectivity index is 2.17. The van der Waals surface area contributed by atoms with Gasteiger partial charge in [-0.2, -0.15) is 13.2 Å². The standard InChI is InChI=1S/C12H13F3N2S/c13-12(14,15)6-9(17-16)5-8-7-18-11-4-2-1-3-10(8)11/h1-4,7,9,17H,5-6,16H2. The van der Waals surface area contributed by atoms with Crippen LogP contribution in [0.25, 0.3) is 10.1 Å². The summed E-state index contributed by atoms with van der Waals surface area (Å²) < 4.78 is 38.1. The number of benzene rings is 1. The molecule has 1 aromatic heterocycles. The number of hydrogen-bond acceptors (Lipinski definition) is 3. The zero-order chi connectivity index (χ0) is 13.2. The van der Waals surface area contributed by atoms with E-state index in [1.807, 2.05) is 29.6 Å². The number of nitrogens with one attached hydrogen (secondary N) is 1. The van der Waals surface area contributed by atoms with E-state index >= 15 is 0 Å². The monoisotopic (exact) mass is 274 g/mol. The molecule has 0 aliphatic heterocycles. The Kier molecular flexibility index (Phi) is 3.89. The van der Waals surface area contributed by atoms with Crippen molar-refractivity contribution >= 4 is 21.4 Å². The maximum Gasteiger partial charge on any atom is 0.390 e. The predicted molar refractivity (Wildman–Crippen MR) is 67.3 cm³/mol. The van der Waals surface area contributed by atoms with Crippen molar-refractivity contribution in [2.45, 2.75) is 25.1 Å². The molecule has 1 heterocycles. The molecule has 1 aromatic carbocycles. The fraction of sp³-hybridized carbons (Fsp3) is 0.333. The van der Waals surface area contributed by atoms with Crippen LogP contribution in [-0.4, -0.2) is 12.2 Å². The first kappa shape index (κ1) is 13.3. The van der Waals surface area contributed by atoms with E-state index in [9.17, 15) is 13.2 Å². The summed E-state index contributed by atoms with van der Waals surface area (Å²) in [5.74, 6) is 5.19. The van der Waals surface area contributed by atoms with E-state index in [2.05, 4.69) is 5.43 Å². The highest BCUT2D eigenvalue weighted by atomic mass is 32.1. The van der Waals surface area contributed by atoms with Crippen molar-refractivity contribution in [2.24, 2.45) is 5.84 Å². The van der Waals surface area contributed by atoms with E-state index in [1.165, 1.54) is 11.3 Å². The van der Waals surface area contributed by atoms with Gasteiger partial charge in [-0.1, -0.05) is 18.2 Å². The van der Waals surface area contributed by atoms with Crippen LogP contribution in [0.4, 0.5) is 13.2 Å². The SMILES string of the molecule is NNC(Cc1csc2ccccc12)CC(F)(F)F. The van der Waals surface area contributed by atoms with Crippen molar-refractivity contribution in [3.05, 3.63) is 35.2 Å². The lowest BCUT2D eigenvalue weighted by atomic mass is 10.0. The predicted octanol–water partition coefficient (Wildman–Crippen LogP) is 3.23. The van der Waals surface area contributed by atoms with Gasteiger partial charge in [0.1, 0.15) is 0 Å². The van der Waals surface area contributed by atoms with Crippen molar-refractivity contribution in [3.63, 3.8) is 0 Å². The van der Waals surface area contributed by atoms with E-state index in [0.717, 1.165) is 15.6 Å². The van der Waals surface area contributed by atoms with Crippen LogP contribution in [0.15, 0.2) is 29.6 Å². The number of rotatable bonds is 4. The number of alkyl halides is 3. The Morgan fingerprint density at radius 1 is 1.28 bits per heavy atom. The van der Waals surface area contributed by atoms with E-state index in [1.54, 1.807) is 0 Å². The molecule has 0 spiro atoms. The Hall–Kier alpha value is -1.11. The smallest absolute Gasteiger partial charge is 0.271 e. The molecule has 0 amide bonds. The van der Waals surface area contributed by atoms with Gasteiger partial charge < -0.3 is 0 Å². The average Bonchev–Trinajstić information content (AvgIpc) is 2.70. The van der Waals surface area contributed by atoms with Gasteiger partial charge in [0.25, 0.3) is 0 Å². The van der Waals surface area contributed by atoms with Crippen LogP contribution < -0.4 is 11.3 Å². The molecule has 2 aromatic rings. The molecule has 0 saturated heterocycles. The third-order valence-corrected chi connectivity index (χ3v) is 3.75. The molecule has 0 saturated carbocycles. The second-order valence-corrected chi connectivity index (χ2v) is 5.06. The lowest BCUT2D eigenvalue weighted by Gasteiger charge is -2.17. The van der Waals surface area contributed by atoms with E-state index in [4.69, 9.17) is 5.84 Å². The highest BCUT2D eigenvalue weighted by molar-refractivity contribution is 7.17. The molecule has 2 rings (SSSR count). The normalized spacial score (nSPS) is 14.0. The number of fused-ring (bicyclic) bond motifs is 1. The quantitative estimate of drug-likeness (QED) is 0.663. The Morgan fingerprint density at radius 3 is 2.67 bits per heavy atom. The molecule has 2 nitrogen and oxygen atoms in total.